The maximum absolute atomic E-state index is 5.75. The summed E-state index contributed by atoms with van der Waals surface area (Å²) in [4.78, 5) is 4.27. The van der Waals surface area contributed by atoms with Crippen LogP contribution in [0.1, 0.15) is 0 Å². The molecule has 0 aliphatic rings. The number of aromatic nitrogens is 3. The van der Waals surface area contributed by atoms with Crippen LogP contribution in [-0.2, 0) is 0 Å². The van der Waals surface area contributed by atoms with E-state index >= 15 is 0 Å². The van der Waals surface area contributed by atoms with Gasteiger partial charge in [-0.3, -0.25) is 0 Å². The van der Waals surface area contributed by atoms with Crippen molar-refractivity contribution in [2.24, 2.45) is 0 Å². The first-order valence-electron chi connectivity index (χ1n) is 5.04. The summed E-state index contributed by atoms with van der Waals surface area (Å²) in [6.45, 7) is 0.347. The van der Waals surface area contributed by atoms with Gasteiger partial charge in [-0.25, -0.2) is 4.98 Å². The van der Waals surface area contributed by atoms with E-state index < -0.39 is 0 Å². The number of terminal acetylenes is 1. The van der Waals surface area contributed by atoms with E-state index in [0.717, 1.165) is 5.56 Å². The van der Waals surface area contributed by atoms with Gasteiger partial charge in [0.2, 0.25) is 5.95 Å². The van der Waals surface area contributed by atoms with Gasteiger partial charge >= 0.3 is 0 Å². The molecule has 0 aliphatic heterocycles. The molecule has 0 bridgehead atoms. The highest BCUT2D eigenvalue weighted by molar-refractivity contribution is 6.33. The Labute approximate surface area is 101 Å². The number of nitrogens with one attached hydrogen (secondary N) is 1. The van der Waals surface area contributed by atoms with Gasteiger partial charge in [0.1, 0.15) is 7.85 Å². The zero-order chi connectivity index (χ0) is 12.1. The highest BCUT2D eigenvalue weighted by atomic mass is 15.2. The molecule has 1 aromatic carbocycles. The van der Waals surface area contributed by atoms with E-state index in [1.807, 2.05) is 30.3 Å². The van der Waals surface area contributed by atoms with Gasteiger partial charge in [0.25, 0.3) is 0 Å². The van der Waals surface area contributed by atoms with Crippen molar-refractivity contribution in [3.05, 3.63) is 30.3 Å². The maximum atomic E-state index is 5.75. The van der Waals surface area contributed by atoms with Crippen molar-refractivity contribution < 1.29 is 0 Å². The highest BCUT2D eigenvalue weighted by Crippen LogP contribution is 2.13. The first kappa shape index (κ1) is 11.1. The van der Waals surface area contributed by atoms with Crippen molar-refractivity contribution >= 4 is 19.4 Å². The third-order valence-corrected chi connectivity index (χ3v) is 2.11. The number of benzene rings is 1. The van der Waals surface area contributed by atoms with Crippen molar-refractivity contribution in [2.45, 2.75) is 0 Å². The van der Waals surface area contributed by atoms with Crippen LogP contribution in [0.3, 0.4) is 0 Å². The van der Waals surface area contributed by atoms with E-state index in [2.05, 4.69) is 26.4 Å². The Hall–Kier alpha value is -2.35. The number of hydrogen-bond donors (Lipinski definition) is 1. The van der Waals surface area contributed by atoms with Crippen LogP contribution in [0.15, 0.2) is 30.3 Å². The van der Waals surface area contributed by atoms with Crippen molar-refractivity contribution in [1.82, 2.24) is 15.2 Å². The zero-order valence-corrected chi connectivity index (χ0v) is 9.09. The quantitative estimate of drug-likeness (QED) is 0.600. The lowest BCUT2D eigenvalue weighted by Crippen LogP contribution is -2.18. The van der Waals surface area contributed by atoms with Gasteiger partial charge in [-0.1, -0.05) is 36.3 Å². The summed E-state index contributed by atoms with van der Waals surface area (Å²) in [5.41, 5.74) is 1.78. The predicted octanol–water partition coefficient (Wildman–Crippen LogP) is 0.377. The highest BCUT2D eigenvalue weighted by Gasteiger charge is 2.06. The SMILES string of the molecule is [B]c1nnc(NCC#C)nc1-c1ccccc1. The van der Waals surface area contributed by atoms with Crippen LogP contribution in [0.4, 0.5) is 5.95 Å². The molecular weight excluding hydrogens is 211 g/mol. The zero-order valence-electron chi connectivity index (χ0n) is 9.09. The second-order valence-corrected chi connectivity index (χ2v) is 3.29. The molecule has 5 heteroatoms. The minimum absolute atomic E-state index is 0.294. The first-order chi connectivity index (χ1) is 8.31. The fourth-order valence-corrected chi connectivity index (χ4v) is 1.35. The number of anilines is 1. The van der Waals surface area contributed by atoms with Crippen LogP contribution >= 0.6 is 0 Å². The summed E-state index contributed by atoms with van der Waals surface area (Å²) in [7, 11) is 5.75. The summed E-state index contributed by atoms with van der Waals surface area (Å²) in [6.07, 6.45) is 5.14. The Morgan fingerprint density at radius 2 is 2.00 bits per heavy atom. The van der Waals surface area contributed by atoms with Crippen molar-refractivity contribution in [1.29, 1.82) is 0 Å². The molecule has 0 aliphatic carbocycles. The topological polar surface area (TPSA) is 50.7 Å². The Morgan fingerprint density at radius 1 is 1.24 bits per heavy atom. The van der Waals surface area contributed by atoms with Crippen LogP contribution in [0.2, 0.25) is 0 Å². The second-order valence-electron chi connectivity index (χ2n) is 3.29. The van der Waals surface area contributed by atoms with Crippen LogP contribution in [-0.4, -0.2) is 29.6 Å². The molecule has 0 amide bonds. The molecule has 2 rings (SSSR count). The number of nitrogens with zero attached hydrogens (tertiary/aromatic N) is 3. The smallest absolute Gasteiger partial charge is 0.244 e. The molecule has 1 aromatic heterocycles. The minimum Gasteiger partial charge on any atom is -0.342 e. The van der Waals surface area contributed by atoms with Gasteiger partial charge < -0.3 is 5.32 Å². The van der Waals surface area contributed by atoms with E-state index in [1.54, 1.807) is 0 Å². The van der Waals surface area contributed by atoms with Gasteiger partial charge in [-0.2, -0.15) is 5.10 Å². The Kier molecular flexibility index (Phi) is 3.36. The minimum atomic E-state index is 0.294. The lowest BCUT2D eigenvalue weighted by Gasteiger charge is -2.06. The molecule has 1 heterocycles. The normalized spacial score (nSPS) is 9.59. The van der Waals surface area contributed by atoms with E-state index in [-0.39, 0.29) is 0 Å². The largest absolute Gasteiger partial charge is 0.342 e. The van der Waals surface area contributed by atoms with E-state index in [9.17, 15) is 0 Å². The van der Waals surface area contributed by atoms with Gasteiger partial charge in [0.15, 0.2) is 0 Å². The summed E-state index contributed by atoms with van der Waals surface area (Å²) >= 11 is 0. The first-order valence-corrected chi connectivity index (χ1v) is 5.04. The summed E-state index contributed by atoms with van der Waals surface area (Å²) in [5.74, 6) is 2.81. The predicted molar refractivity (Wildman–Crippen MR) is 68.0 cm³/mol. The fraction of sp³-hybridized carbons (Fsp3) is 0.0833. The lowest BCUT2D eigenvalue weighted by molar-refractivity contribution is 0.994. The van der Waals surface area contributed by atoms with Gasteiger partial charge in [-0.15, -0.1) is 11.5 Å². The molecule has 0 unspecified atom stereocenters. The van der Waals surface area contributed by atoms with Crippen molar-refractivity contribution in [2.75, 3.05) is 11.9 Å². The summed E-state index contributed by atoms with van der Waals surface area (Å²) in [6, 6.07) is 9.55. The fourth-order valence-electron chi connectivity index (χ4n) is 1.35. The standard InChI is InChI=1S/C12H9BN4/c1-2-8-14-12-15-10(11(13)16-17-12)9-6-4-3-5-7-9/h1,3-7H,8H2,(H,14,15,17). The Bertz CT molecular complexity index is 548. The average molecular weight is 220 g/mol. The molecule has 80 valence electrons. The average Bonchev–Trinajstić information content (AvgIpc) is 2.39. The second kappa shape index (κ2) is 5.13. The van der Waals surface area contributed by atoms with Crippen LogP contribution in [0.5, 0.6) is 0 Å². The van der Waals surface area contributed by atoms with Crippen molar-refractivity contribution in [3.8, 4) is 23.6 Å². The van der Waals surface area contributed by atoms with E-state index in [4.69, 9.17) is 14.3 Å². The molecule has 0 fully saturated rings. The molecule has 17 heavy (non-hydrogen) atoms. The lowest BCUT2D eigenvalue weighted by atomic mass is 9.98. The molecule has 1 N–H and O–H groups in total. The van der Waals surface area contributed by atoms with Gasteiger partial charge in [0.05, 0.1) is 12.2 Å². The van der Waals surface area contributed by atoms with E-state index in [1.165, 1.54) is 0 Å². The molecular formula is C12H9BN4. The van der Waals surface area contributed by atoms with Crippen molar-refractivity contribution in [3.63, 3.8) is 0 Å². The monoisotopic (exact) mass is 220 g/mol. The molecule has 0 atom stereocenters. The third kappa shape index (κ3) is 2.61. The van der Waals surface area contributed by atoms with E-state index in [0.29, 0.717) is 23.8 Å². The Morgan fingerprint density at radius 3 is 2.71 bits per heavy atom. The third-order valence-electron chi connectivity index (χ3n) is 2.11. The molecule has 0 spiro atoms. The number of rotatable bonds is 3. The van der Waals surface area contributed by atoms with Gasteiger partial charge in [-0.05, 0) is 0 Å². The molecule has 4 nitrogen and oxygen atoms in total. The molecule has 0 saturated carbocycles. The maximum Gasteiger partial charge on any atom is 0.244 e. The molecule has 2 aromatic rings. The van der Waals surface area contributed by atoms with Crippen LogP contribution in [0.25, 0.3) is 11.3 Å². The number of hydrogen-bond acceptors (Lipinski definition) is 4. The Balaban J connectivity index is 2.37. The van der Waals surface area contributed by atoms with Gasteiger partial charge in [0, 0.05) is 11.2 Å². The summed E-state index contributed by atoms with van der Waals surface area (Å²) in [5, 5.41) is 10.5. The summed E-state index contributed by atoms with van der Waals surface area (Å²) < 4.78 is 0. The molecule has 0 saturated heterocycles. The van der Waals surface area contributed by atoms with Crippen LogP contribution in [0, 0.1) is 12.3 Å². The molecule has 2 radical (unpaired) electrons. The van der Waals surface area contributed by atoms with Crippen LogP contribution < -0.4 is 10.9 Å².